The lowest BCUT2D eigenvalue weighted by atomic mass is 9.95. The normalized spacial score (nSPS) is 17.0. The van der Waals surface area contributed by atoms with E-state index in [0.29, 0.717) is 45.5 Å². The van der Waals surface area contributed by atoms with Crippen molar-refractivity contribution < 1.29 is 14.4 Å². The van der Waals surface area contributed by atoms with Gasteiger partial charge in [0.1, 0.15) is 6.54 Å². The number of carbonyl (C=O) groups is 3. The molecule has 4 amide bonds. The van der Waals surface area contributed by atoms with Gasteiger partial charge in [0.2, 0.25) is 5.91 Å². The Kier molecular flexibility index (Phi) is 7.40. The van der Waals surface area contributed by atoms with Crippen molar-refractivity contribution in [3.63, 3.8) is 0 Å². The Bertz CT molecular complexity index is 1440. The van der Waals surface area contributed by atoms with Crippen LogP contribution in [0, 0.1) is 0 Å². The number of halogens is 2. The van der Waals surface area contributed by atoms with E-state index in [-0.39, 0.29) is 30.9 Å². The molecule has 194 valence electrons. The van der Waals surface area contributed by atoms with Gasteiger partial charge in [-0.05, 0) is 48.2 Å². The van der Waals surface area contributed by atoms with Crippen LogP contribution in [0.4, 0.5) is 10.5 Å². The highest BCUT2D eigenvalue weighted by molar-refractivity contribution is 6.35. The molecule has 9 heteroatoms. The molecule has 3 aromatic rings. The molecular formula is C29H26Cl2N4O3. The van der Waals surface area contributed by atoms with E-state index in [0.717, 1.165) is 11.1 Å². The van der Waals surface area contributed by atoms with Crippen molar-refractivity contribution in [2.45, 2.75) is 19.4 Å². The summed E-state index contributed by atoms with van der Waals surface area (Å²) >= 11 is 12.5. The second-order valence-electron chi connectivity index (χ2n) is 9.18. The van der Waals surface area contributed by atoms with Crippen molar-refractivity contribution in [3.05, 3.63) is 111 Å². The third kappa shape index (κ3) is 5.12. The van der Waals surface area contributed by atoms with E-state index < -0.39 is 6.04 Å². The summed E-state index contributed by atoms with van der Waals surface area (Å²) < 4.78 is 0. The molecule has 3 aromatic carbocycles. The number of hydrogen-bond acceptors (Lipinski definition) is 3. The molecule has 0 fully saturated rings. The van der Waals surface area contributed by atoms with E-state index >= 15 is 0 Å². The van der Waals surface area contributed by atoms with Gasteiger partial charge < -0.3 is 15.5 Å². The second-order valence-corrected chi connectivity index (χ2v) is 10.0. The first-order chi connectivity index (χ1) is 18.4. The number of likely N-dealkylation sites (N-methyl/N-ethyl adjacent to an activating group) is 1. The molecule has 0 aliphatic carbocycles. The van der Waals surface area contributed by atoms with Crippen molar-refractivity contribution >= 4 is 46.7 Å². The number of nitrogens with one attached hydrogen (secondary N) is 2. The van der Waals surface area contributed by atoms with E-state index in [1.165, 1.54) is 9.80 Å². The van der Waals surface area contributed by atoms with Crippen LogP contribution in [0.2, 0.25) is 10.0 Å². The van der Waals surface area contributed by atoms with Crippen molar-refractivity contribution in [2.24, 2.45) is 0 Å². The Morgan fingerprint density at radius 2 is 1.76 bits per heavy atom. The molecule has 7 nitrogen and oxygen atoms in total. The molecule has 2 heterocycles. The van der Waals surface area contributed by atoms with Crippen molar-refractivity contribution in [1.29, 1.82) is 0 Å². The molecule has 38 heavy (non-hydrogen) atoms. The van der Waals surface area contributed by atoms with E-state index in [4.69, 9.17) is 23.2 Å². The second kappa shape index (κ2) is 10.9. The molecule has 0 radical (unpaired) electrons. The van der Waals surface area contributed by atoms with Crippen LogP contribution >= 0.6 is 23.2 Å². The smallest absolute Gasteiger partial charge is 0.322 e. The van der Waals surface area contributed by atoms with Crippen LogP contribution in [0.5, 0.6) is 0 Å². The number of para-hydroxylation sites is 1. The molecule has 0 aromatic heterocycles. The molecule has 1 atom stereocenters. The number of benzene rings is 3. The average molecular weight is 549 g/mol. The largest absolute Gasteiger partial charge is 0.326 e. The minimum Gasteiger partial charge on any atom is -0.326 e. The maximum absolute atomic E-state index is 13.6. The molecular weight excluding hydrogens is 523 g/mol. The number of carbonyl (C=O) groups excluding carboxylic acids is 3. The summed E-state index contributed by atoms with van der Waals surface area (Å²) in [5.74, 6) is -0.635. The highest BCUT2D eigenvalue weighted by Crippen LogP contribution is 2.39. The number of urea groups is 1. The predicted octanol–water partition coefficient (Wildman–Crippen LogP) is 5.41. The van der Waals surface area contributed by atoms with Gasteiger partial charge >= 0.3 is 6.03 Å². The molecule has 2 aliphatic heterocycles. The maximum atomic E-state index is 13.6. The van der Waals surface area contributed by atoms with Gasteiger partial charge in [-0.1, -0.05) is 77.8 Å². The maximum Gasteiger partial charge on any atom is 0.322 e. The average Bonchev–Trinajstić information content (AvgIpc) is 3.21. The summed E-state index contributed by atoms with van der Waals surface area (Å²) in [5, 5.41) is 6.66. The lowest BCUT2D eigenvalue weighted by Gasteiger charge is -2.33. The third-order valence-corrected chi connectivity index (χ3v) is 7.31. The van der Waals surface area contributed by atoms with E-state index in [9.17, 15) is 14.4 Å². The van der Waals surface area contributed by atoms with E-state index in [2.05, 4.69) is 10.6 Å². The molecule has 0 spiro atoms. The van der Waals surface area contributed by atoms with Gasteiger partial charge in [-0.2, -0.15) is 0 Å². The van der Waals surface area contributed by atoms with Gasteiger partial charge in [-0.25, -0.2) is 4.79 Å². The number of nitrogens with zero attached hydrogens (tertiary/aromatic N) is 2. The van der Waals surface area contributed by atoms with E-state index in [1.807, 2.05) is 61.5 Å². The summed E-state index contributed by atoms with van der Waals surface area (Å²) in [7, 11) is 0. The van der Waals surface area contributed by atoms with Crippen LogP contribution in [0.1, 0.15) is 29.7 Å². The van der Waals surface area contributed by atoms with Crippen LogP contribution in [-0.4, -0.2) is 47.3 Å². The first-order valence-corrected chi connectivity index (χ1v) is 13.1. The Hall–Kier alpha value is -3.81. The van der Waals surface area contributed by atoms with Crippen LogP contribution in [0.25, 0.3) is 0 Å². The summed E-state index contributed by atoms with van der Waals surface area (Å²) in [5.41, 5.74) is 4.36. The zero-order valence-electron chi connectivity index (χ0n) is 20.7. The fraction of sp³-hybridized carbons (Fsp3) is 0.207. The van der Waals surface area contributed by atoms with Crippen molar-refractivity contribution in [1.82, 2.24) is 15.1 Å². The molecule has 2 aliphatic rings. The van der Waals surface area contributed by atoms with Gasteiger partial charge in [-0.3, -0.25) is 14.5 Å². The third-order valence-electron chi connectivity index (χ3n) is 6.75. The lowest BCUT2D eigenvalue weighted by Crippen LogP contribution is -2.47. The van der Waals surface area contributed by atoms with Gasteiger partial charge in [0, 0.05) is 22.3 Å². The summed E-state index contributed by atoms with van der Waals surface area (Å²) in [6.07, 6.45) is 0.665. The standard InChI is InChI=1S/C29H26Cl2N4O3/c1-2-35-24-16-34(28(37)26(24)27(33-29(35)38)21-13-12-20(30)15-22(21)31)17-25(36)32-23-11-7-6-10-19(23)14-18-8-4-3-5-9-18/h3-13,15,27H,2,14,16-17H2,1H3,(H,32,36)(H,33,38). The Labute approximate surface area is 231 Å². The Morgan fingerprint density at radius 1 is 1.03 bits per heavy atom. The van der Waals surface area contributed by atoms with Gasteiger partial charge in [0.05, 0.1) is 23.9 Å². The molecule has 0 saturated carbocycles. The number of rotatable bonds is 7. The molecule has 5 rings (SSSR count). The monoisotopic (exact) mass is 548 g/mol. The molecule has 0 bridgehead atoms. The topological polar surface area (TPSA) is 81.8 Å². The first-order valence-electron chi connectivity index (χ1n) is 12.3. The van der Waals surface area contributed by atoms with Crippen LogP contribution < -0.4 is 10.6 Å². The van der Waals surface area contributed by atoms with Gasteiger partial charge in [0.15, 0.2) is 0 Å². The van der Waals surface area contributed by atoms with Crippen molar-refractivity contribution in [3.8, 4) is 0 Å². The Balaban J connectivity index is 1.35. The summed E-state index contributed by atoms with van der Waals surface area (Å²) in [6, 6.07) is 21.5. The highest BCUT2D eigenvalue weighted by atomic mass is 35.5. The predicted molar refractivity (Wildman–Crippen MR) is 148 cm³/mol. The van der Waals surface area contributed by atoms with E-state index in [1.54, 1.807) is 18.2 Å². The Morgan fingerprint density at radius 3 is 2.50 bits per heavy atom. The zero-order valence-corrected chi connectivity index (χ0v) is 22.2. The minimum absolute atomic E-state index is 0.149. The number of hydrogen-bond donors (Lipinski definition) is 2. The quantitative estimate of drug-likeness (QED) is 0.414. The highest BCUT2D eigenvalue weighted by Gasteiger charge is 2.44. The fourth-order valence-corrected chi connectivity index (χ4v) is 5.47. The van der Waals surface area contributed by atoms with Gasteiger partial charge in [-0.15, -0.1) is 0 Å². The zero-order chi connectivity index (χ0) is 26.8. The van der Waals surface area contributed by atoms with Crippen LogP contribution in [0.15, 0.2) is 84.1 Å². The van der Waals surface area contributed by atoms with Gasteiger partial charge in [0.25, 0.3) is 5.91 Å². The number of amides is 4. The molecule has 1 unspecified atom stereocenters. The molecule has 0 saturated heterocycles. The minimum atomic E-state index is -0.739. The fourth-order valence-electron chi connectivity index (χ4n) is 4.95. The van der Waals surface area contributed by atoms with Crippen molar-refractivity contribution in [2.75, 3.05) is 25.0 Å². The molecule has 2 N–H and O–H groups in total. The van der Waals surface area contributed by atoms with Crippen LogP contribution in [0.3, 0.4) is 0 Å². The SMILES string of the molecule is CCN1C(=O)NC(c2ccc(Cl)cc2Cl)C2=C1CN(CC(=O)Nc1ccccc1Cc1ccccc1)C2=O. The van der Waals surface area contributed by atoms with Crippen LogP contribution in [-0.2, 0) is 16.0 Å². The lowest BCUT2D eigenvalue weighted by molar-refractivity contribution is -0.130. The first kappa shape index (κ1) is 25.8. The summed E-state index contributed by atoms with van der Waals surface area (Å²) in [6.45, 7) is 2.21. The number of anilines is 1. The summed E-state index contributed by atoms with van der Waals surface area (Å²) in [4.78, 5) is 42.6.